The molecule has 2 rings (SSSR count). The fourth-order valence-electron chi connectivity index (χ4n) is 1.45. The minimum absolute atomic E-state index is 0.101. The zero-order chi connectivity index (χ0) is 11.7. The monoisotopic (exact) mass is 239 g/mol. The van der Waals surface area contributed by atoms with Crippen LogP contribution in [0.2, 0.25) is 5.02 Å². The molecule has 16 heavy (non-hydrogen) atoms. The van der Waals surface area contributed by atoms with E-state index in [9.17, 15) is 8.78 Å². The summed E-state index contributed by atoms with van der Waals surface area (Å²) in [6, 6.07) is 8.74. The number of anilines is 1. The van der Waals surface area contributed by atoms with Gasteiger partial charge in [-0.1, -0.05) is 29.8 Å². The van der Waals surface area contributed by atoms with Gasteiger partial charge in [0, 0.05) is 22.2 Å². The minimum Gasteiger partial charge on any atom is -0.396 e. The lowest BCUT2D eigenvalue weighted by molar-refractivity contribution is 0.588. The lowest BCUT2D eigenvalue weighted by atomic mass is 10.0. The number of nitrogens with two attached hydrogens (primary N) is 1. The molecule has 0 saturated carbocycles. The second kappa shape index (κ2) is 4.10. The van der Waals surface area contributed by atoms with Crippen molar-refractivity contribution in [1.29, 1.82) is 0 Å². The topological polar surface area (TPSA) is 26.0 Å². The van der Waals surface area contributed by atoms with Gasteiger partial charge in [-0.05, 0) is 12.1 Å². The van der Waals surface area contributed by atoms with Crippen LogP contribution in [0, 0.1) is 11.6 Å². The minimum atomic E-state index is -0.770. The first-order chi connectivity index (χ1) is 7.59. The molecule has 82 valence electrons. The van der Waals surface area contributed by atoms with Gasteiger partial charge in [0.2, 0.25) is 0 Å². The molecule has 0 aliphatic carbocycles. The molecular formula is C12H8ClF2N. The highest BCUT2D eigenvalue weighted by Gasteiger charge is 2.11. The molecule has 0 heterocycles. The summed E-state index contributed by atoms with van der Waals surface area (Å²) in [6.45, 7) is 0. The van der Waals surface area contributed by atoms with Crippen molar-refractivity contribution in [3.8, 4) is 11.1 Å². The van der Waals surface area contributed by atoms with E-state index in [1.54, 1.807) is 24.3 Å². The van der Waals surface area contributed by atoms with Crippen LogP contribution in [-0.2, 0) is 0 Å². The smallest absolute Gasteiger partial charge is 0.149 e. The Balaban J connectivity index is 2.65. The number of hydrogen-bond acceptors (Lipinski definition) is 1. The molecule has 0 radical (unpaired) electrons. The van der Waals surface area contributed by atoms with Crippen molar-refractivity contribution < 1.29 is 8.78 Å². The lowest BCUT2D eigenvalue weighted by Crippen LogP contribution is -1.94. The average molecular weight is 240 g/mol. The number of halogens is 3. The molecule has 0 unspecified atom stereocenters. The third kappa shape index (κ3) is 1.86. The van der Waals surface area contributed by atoms with E-state index in [-0.39, 0.29) is 11.3 Å². The van der Waals surface area contributed by atoms with Gasteiger partial charge in [0.1, 0.15) is 11.6 Å². The number of nitrogen functional groups attached to an aromatic ring is 1. The highest BCUT2D eigenvalue weighted by atomic mass is 35.5. The Hall–Kier alpha value is -1.61. The molecule has 2 aromatic carbocycles. The van der Waals surface area contributed by atoms with Gasteiger partial charge in [0.15, 0.2) is 0 Å². The molecule has 0 spiro atoms. The maximum Gasteiger partial charge on any atom is 0.149 e. The molecule has 1 nitrogen and oxygen atoms in total. The average Bonchev–Trinajstić information content (AvgIpc) is 2.25. The van der Waals surface area contributed by atoms with Gasteiger partial charge in [0.25, 0.3) is 0 Å². The van der Waals surface area contributed by atoms with Crippen molar-refractivity contribution >= 4 is 17.3 Å². The van der Waals surface area contributed by atoms with Gasteiger partial charge >= 0.3 is 0 Å². The first-order valence-electron chi connectivity index (χ1n) is 4.59. The molecule has 0 fully saturated rings. The first-order valence-corrected chi connectivity index (χ1v) is 4.97. The van der Waals surface area contributed by atoms with E-state index in [4.69, 9.17) is 17.3 Å². The summed E-state index contributed by atoms with van der Waals surface area (Å²) in [4.78, 5) is 0. The summed E-state index contributed by atoms with van der Waals surface area (Å²) >= 11 is 5.92. The number of hydrogen-bond donors (Lipinski definition) is 1. The van der Waals surface area contributed by atoms with Crippen LogP contribution in [0.5, 0.6) is 0 Å². The van der Waals surface area contributed by atoms with Crippen LogP contribution in [0.25, 0.3) is 11.1 Å². The molecule has 4 heteroatoms. The summed E-state index contributed by atoms with van der Waals surface area (Å²) in [5.41, 5.74) is 5.98. The van der Waals surface area contributed by atoms with E-state index in [0.29, 0.717) is 10.6 Å². The van der Waals surface area contributed by atoms with Crippen molar-refractivity contribution in [3.63, 3.8) is 0 Å². The van der Waals surface area contributed by atoms with E-state index in [0.717, 1.165) is 6.07 Å². The third-order valence-corrected chi connectivity index (χ3v) is 2.58. The third-order valence-electron chi connectivity index (χ3n) is 2.25. The van der Waals surface area contributed by atoms with Crippen LogP contribution in [0.3, 0.4) is 0 Å². The van der Waals surface area contributed by atoms with E-state index >= 15 is 0 Å². The molecule has 0 aromatic heterocycles. The van der Waals surface area contributed by atoms with E-state index in [1.165, 1.54) is 6.07 Å². The zero-order valence-corrected chi connectivity index (χ0v) is 8.93. The fourth-order valence-corrected chi connectivity index (χ4v) is 1.69. The summed E-state index contributed by atoms with van der Waals surface area (Å²) in [5.74, 6) is -1.45. The largest absolute Gasteiger partial charge is 0.396 e. The van der Waals surface area contributed by atoms with Crippen molar-refractivity contribution in [2.45, 2.75) is 0 Å². The molecular weight excluding hydrogens is 232 g/mol. The van der Waals surface area contributed by atoms with Crippen LogP contribution in [0.4, 0.5) is 14.5 Å². The van der Waals surface area contributed by atoms with Crippen LogP contribution < -0.4 is 5.73 Å². The van der Waals surface area contributed by atoms with Crippen LogP contribution in [-0.4, -0.2) is 0 Å². The van der Waals surface area contributed by atoms with Gasteiger partial charge < -0.3 is 5.73 Å². The maximum absolute atomic E-state index is 13.5. The van der Waals surface area contributed by atoms with E-state index in [1.807, 2.05) is 0 Å². The number of rotatable bonds is 1. The highest BCUT2D eigenvalue weighted by Crippen LogP contribution is 2.31. The van der Waals surface area contributed by atoms with E-state index in [2.05, 4.69) is 0 Å². The molecule has 2 N–H and O–H groups in total. The first kappa shape index (κ1) is 10.9. The van der Waals surface area contributed by atoms with Crippen molar-refractivity contribution in [3.05, 3.63) is 53.1 Å². The standard InChI is InChI=1S/C12H8ClF2N/c13-9-4-2-1-3-7(9)8-5-12(16)11(15)6-10(8)14/h1-6H,16H2. The zero-order valence-electron chi connectivity index (χ0n) is 8.18. The van der Waals surface area contributed by atoms with Gasteiger partial charge in [-0.25, -0.2) is 8.78 Å². The van der Waals surface area contributed by atoms with Crippen molar-refractivity contribution in [1.82, 2.24) is 0 Å². The lowest BCUT2D eigenvalue weighted by Gasteiger charge is -2.07. The van der Waals surface area contributed by atoms with Crippen LogP contribution in [0.15, 0.2) is 36.4 Å². The Morgan fingerprint density at radius 3 is 2.31 bits per heavy atom. The molecule has 0 atom stereocenters. The van der Waals surface area contributed by atoms with Crippen molar-refractivity contribution in [2.75, 3.05) is 5.73 Å². The fraction of sp³-hybridized carbons (Fsp3) is 0. The van der Waals surface area contributed by atoms with Crippen molar-refractivity contribution in [2.24, 2.45) is 0 Å². The van der Waals surface area contributed by atoms with E-state index < -0.39 is 11.6 Å². The summed E-state index contributed by atoms with van der Waals surface area (Å²) < 4.78 is 26.5. The second-order valence-electron chi connectivity index (χ2n) is 3.33. The van der Waals surface area contributed by atoms with Crippen LogP contribution in [0.1, 0.15) is 0 Å². The Labute approximate surface area is 96.5 Å². The predicted octanol–water partition coefficient (Wildman–Crippen LogP) is 3.87. The maximum atomic E-state index is 13.5. The van der Waals surface area contributed by atoms with Gasteiger partial charge in [-0.15, -0.1) is 0 Å². The summed E-state index contributed by atoms with van der Waals surface area (Å²) in [6.07, 6.45) is 0. The Bertz CT molecular complexity index is 541. The molecule has 0 aliphatic rings. The molecule has 0 amide bonds. The Kier molecular flexibility index (Phi) is 2.79. The number of benzene rings is 2. The quantitative estimate of drug-likeness (QED) is 0.751. The molecule has 2 aromatic rings. The van der Waals surface area contributed by atoms with Gasteiger partial charge in [0.05, 0.1) is 5.69 Å². The Morgan fingerprint density at radius 2 is 1.62 bits per heavy atom. The summed E-state index contributed by atoms with van der Waals surface area (Å²) in [5, 5.41) is 0.396. The highest BCUT2D eigenvalue weighted by molar-refractivity contribution is 6.33. The second-order valence-corrected chi connectivity index (χ2v) is 3.74. The SMILES string of the molecule is Nc1cc(-c2ccccc2Cl)c(F)cc1F. The summed E-state index contributed by atoms with van der Waals surface area (Å²) in [7, 11) is 0. The Morgan fingerprint density at radius 1 is 0.938 bits per heavy atom. The molecule has 0 aliphatic heterocycles. The van der Waals surface area contributed by atoms with Gasteiger partial charge in [-0.3, -0.25) is 0 Å². The van der Waals surface area contributed by atoms with Crippen LogP contribution >= 0.6 is 11.6 Å². The molecule has 0 saturated heterocycles. The molecule has 0 bridgehead atoms. The van der Waals surface area contributed by atoms with Gasteiger partial charge in [-0.2, -0.15) is 0 Å². The normalized spacial score (nSPS) is 10.4. The predicted molar refractivity (Wildman–Crippen MR) is 61.2 cm³/mol.